The summed E-state index contributed by atoms with van der Waals surface area (Å²) >= 11 is 1.62. The number of aromatic nitrogens is 2. The Bertz CT molecular complexity index is 670. The molecule has 0 aliphatic heterocycles. The standard InChI is InChI=1S/C14H13N3S/c15-9-8-13-16-17-14(18-13)12-7-3-5-10-4-1-2-6-11(10)12/h1-7H,8-9,15H2. The molecular weight excluding hydrogens is 242 g/mol. The molecule has 1 heterocycles. The number of hydrogen-bond donors (Lipinski definition) is 1. The summed E-state index contributed by atoms with van der Waals surface area (Å²) in [6.45, 7) is 0.615. The number of hydrogen-bond acceptors (Lipinski definition) is 4. The minimum atomic E-state index is 0.615. The van der Waals surface area contributed by atoms with Gasteiger partial charge in [-0.2, -0.15) is 0 Å². The molecule has 0 amide bonds. The van der Waals surface area contributed by atoms with Crippen LogP contribution in [0.2, 0.25) is 0 Å². The highest BCUT2D eigenvalue weighted by atomic mass is 32.1. The van der Waals surface area contributed by atoms with Crippen molar-refractivity contribution in [2.45, 2.75) is 6.42 Å². The Labute approximate surface area is 109 Å². The zero-order chi connectivity index (χ0) is 12.4. The van der Waals surface area contributed by atoms with Crippen LogP contribution >= 0.6 is 11.3 Å². The van der Waals surface area contributed by atoms with Gasteiger partial charge in [0, 0.05) is 12.0 Å². The van der Waals surface area contributed by atoms with Crippen molar-refractivity contribution < 1.29 is 0 Å². The maximum atomic E-state index is 5.54. The van der Waals surface area contributed by atoms with E-state index >= 15 is 0 Å². The Balaban J connectivity index is 2.12. The van der Waals surface area contributed by atoms with Crippen LogP contribution in [0.4, 0.5) is 0 Å². The van der Waals surface area contributed by atoms with E-state index < -0.39 is 0 Å². The molecule has 0 saturated heterocycles. The summed E-state index contributed by atoms with van der Waals surface area (Å²) in [7, 11) is 0. The van der Waals surface area contributed by atoms with Gasteiger partial charge in [-0.15, -0.1) is 10.2 Å². The summed E-state index contributed by atoms with van der Waals surface area (Å²) in [4.78, 5) is 0. The van der Waals surface area contributed by atoms with Gasteiger partial charge >= 0.3 is 0 Å². The van der Waals surface area contributed by atoms with E-state index in [1.807, 2.05) is 12.1 Å². The average molecular weight is 255 g/mol. The molecule has 90 valence electrons. The fourth-order valence-electron chi connectivity index (χ4n) is 2.00. The third kappa shape index (κ3) is 2.00. The van der Waals surface area contributed by atoms with E-state index in [1.54, 1.807) is 11.3 Å². The van der Waals surface area contributed by atoms with Gasteiger partial charge in [0.15, 0.2) is 0 Å². The molecule has 18 heavy (non-hydrogen) atoms. The summed E-state index contributed by atoms with van der Waals surface area (Å²) in [5.74, 6) is 0. The zero-order valence-electron chi connectivity index (χ0n) is 9.84. The molecule has 2 aromatic carbocycles. The van der Waals surface area contributed by atoms with E-state index in [2.05, 4.69) is 40.5 Å². The van der Waals surface area contributed by atoms with Crippen LogP contribution in [0.15, 0.2) is 42.5 Å². The van der Waals surface area contributed by atoms with Crippen LogP contribution in [-0.4, -0.2) is 16.7 Å². The number of nitrogens with zero attached hydrogens (tertiary/aromatic N) is 2. The molecule has 0 radical (unpaired) electrons. The van der Waals surface area contributed by atoms with Crippen LogP contribution < -0.4 is 5.73 Å². The first-order chi connectivity index (χ1) is 8.88. The number of fused-ring (bicyclic) bond motifs is 1. The van der Waals surface area contributed by atoms with Crippen LogP contribution in [-0.2, 0) is 6.42 Å². The molecule has 2 N–H and O–H groups in total. The molecule has 0 atom stereocenters. The highest BCUT2D eigenvalue weighted by Crippen LogP contribution is 2.30. The quantitative estimate of drug-likeness (QED) is 0.783. The highest BCUT2D eigenvalue weighted by Gasteiger charge is 2.09. The Morgan fingerprint density at radius 2 is 1.83 bits per heavy atom. The summed E-state index contributed by atoms with van der Waals surface area (Å²) < 4.78 is 0. The van der Waals surface area contributed by atoms with Crippen LogP contribution in [0.25, 0.3) is 21.3 Å². The van der Waals surface area contributed by atoms with Gasteiger partial charge in [-0.1, -0.05) is 53.8 Å². The Morgan fingerprint density at radius 3 is 2.72 bits per heavy atom. The van der Waals surface area contributed by atoms with E-state index in [4.69, 9.17) is 5.73 Å². The fourth-order valence-corrected chi connectivity index (χ4v) is 2.89. The predicted octanol–water partition coefficient (Wildman–Crippen LogP) is 2.86. The monoisotopic (exact) mass is 255 g/mol. The van der Waals surface area contributed by atoms with Crippen LogP contribution in [0.3, 0.4) is 0 Å². The molecule has 4 heteroatoms. The first-order valence-corrected chi connectivity index (χ1v) is 6.71. The molecule has 1 aromatic heterocycles. The Kier molecular flexibility index (Phi) is 3.04. The third-order valence-electron chi connectivity index (χ3n) is 2.85. The second-order valence-electron chi connectivity index (χ2n) is 4.07. The van der Waals surface area contributed by atoms with Crippen molar-refractivity contribution in [3.05, 3.63) is 47.5 Å². The lowest BCUT2D eigenvalue weighted by atomic mass is 10.1. The van der Waals surface area contributed by atoms with Crippen molar-refractivity contribution in [1.82, 2.24) is 10.2 Å². The van der Waals surface area contributed by atoms with Gasteiger partial charge < -0.3 is 5.73 Å². The summed E-state index contributed by atoms with van der Waals surface area (Å²) in [5.41, 5.74) is 6.69. The number of rotatable bonds is 3. The van der Waals surface area contributed by atoms with Gasteiger partial charge in [-0.05, 0) is 17.3 Å². The summed E-state index contributed by atoms with van der Waals surface area (Å²) in [5, 5.41) is 12.9. The van der Waals surface area contributed by atoms with Gasteiger partial charge in [-0.3, -0.25) is 0 Å². The molecule has 0 fully saturated rings. The van der Waals surface area contributed by atoms with Crippen molar-refractivity contribution in [2.24, 2.45) is 5.73 Å². The van der Waals surface area contributed by atoms with E-state index in [-0.39, 0.29) is 0 Å². The molecule has 0 unspecified atom stereocenters. The van der Waals surface area contributed by atoms with E-state index in [0.717, 1.165) is 22.0 Å². The minimum absolute atomic E-state index is 0.615. The van der Waals surface area contributed by atoms with Gasteiger partial charge in [-0.25, -0.2) is 0 Å². The second-order valence-corrected chi connectivity index (χ2v) is 5.13. The molecule has 0 aliphatic carbocycles. The van der Waals surface area contributed by atoms with Crippen molar-refractivity contribution in [1.29, 1.82) is 0 Å². The van der Waals surface area contributed by atoms with Crippen LogP contribution in [0.1, 0.15) is 5.01 Å². The smallest absolute Gasteiger partial charge is 0.148 e. The Morgan fingerprint density at radius 1 is 1.00 bits per heavy atom. The maximum absolute atomic E-state index is 5.54. The lowest BCUT2D eigenvalue weighted by Crippen LogP contribution is -2.01. The fraction of sp³-hybridized carbons (Fsp3) is 0.143. The molecular formula is C14H13N3S. The normalized spacial score (nSPS) is 10.9. The first kappa shape index (κ1) is 11.3. The molecule has 3 rings (SSSR count). The molecule has 0 bridgehead atoms. The number of benzene rings is 2. The lowest BCUT2D eigenvalue weighted by Gasteiger charge is -2.02. The predicted molar refractivity (Wildman–Crippen MR) is 75.6 cm³/mol. The van der Waals surface area contributed by atoms with Crippen molar-refractivity contribution in [3.63, 3.8) is 0 Å². The van der Waals surface area contributed by atoms with Gasteiger partial charge in [0.25, 0.3) is 0 Å². The Hall–Kier alpha value is -1.78. The number of nitrogens with two attached hydrogens (primary N) is 1. The molecule has 0 spiro atoms. The molecule has 0 saturated carbocycles. The second kappa shape index (κ2) is 4.84. The first-order valence-electron chi connectivity index (χ1n) is 5.89. The van der Waals surface area contributed by atoms with Gasteiger partial charge in [0.2, 0.25) is 0 Å². The zero-order valence-corrected chi connectivity index (χ0v) is 10.7. The topological polar surface area (TPSA) is 51.8 Å². The van der Waals surface area contributed by atoms with E-state index in [9.17, 15) is 0 Å². The average Bonchev–Trinajstić information content (AvgIpc) is 2.87. The molecule has 3 aromatic rings. The molecule has 3 nitrogen and oxygen atoms in total. The third-order valence-corrected chi connectivity index (χ3v) is 3.86. The van der Waals surface area contributed by atoms with Crippen LogP contribution in [0, 0.1) is 0 Å². The molecule has 0 aliphatic rings. The minimum Gasteiger partial charge on any atom is -0.330 e. The largest absolute Gasteiger partial charge is 0.330 e. The summed E-state index contributed by atoms with van der Waals surface area (Å²) in [6.07, 6.45) is 0.794. The maximum Gasteiger partial charge on any atom is 0.148 e. The van der Waals surface area contributed by atoms with E-state index in [0.29, 0.717) is 6.54 Å². The van der Waals surface area contributed by atoms with Crippen LogP contribution in [0.5, 0.6) is 0 Å². The van der Waals surface area contributed by atoms with E-state index in [1.165, 1.54) is 10.8 Å². The van der Waals surface area contributed by atoms with Crippen molar-refractivity contribution in [3.8, 4) is 10.6 Å². The highest BCUT2D eigenvalue weighted by molar-refractivity contribution is 7.14. The van der Waals surface area contributed by atoms with Gasteiger partial charge in [0.05, 0.1) is 0 Å². The lowest BCUT2D eigenvalue weighted by molar-refractivity contribution is 0.913. The SMILES string of the molecule is NCCc1nnc(-c2cccc3ccccc23)s1. The van der Waals surface area contributed by atoms with Gasteiger partial charge in [0.1, 0.15) is 10.0 Å². The van der Waals surface area contributed by atoms with Crippen molar-refractivity contribution in [2.75, 3.05) is 6.54 Å². The van der Waals surface area contributed by atoms with Crippen molar-refractivity contribution >= 4 is 22.1 Å². The summed E-state index contributed by atoms with van der Waals surface area (Å²) in [6, 6.07) is 14.6.